The molecule has 1 amide bonds. The first-order chi connectivity index (χ1) is 23.0. The van der Waals surface area contributed by atoms with Gasteiger partial charge in [0.1, 0.15) is 23.2 Å². The number of hydrogen-bond donors (Lipinski definition) is 3. The Morgan fingerprint density at radius 3 is 2.21 bits per heavy atom. The van der Waals surface area contributed by atoms with Crippen LogP contribution in [0.4, 0.5) is 22.0 Å². The molecule has 13 heteroatoms. The summed E-state index contributed by atoms with van der Waals surface area (Å²) in [4.78, 5) is 19.2. The number of nitrogens with two attached hydrogens (primary N) is 1. The van der Waals surface area contributed by atoms with E-state index in [1.165, 1.54) is 30.3 Å². The van der Waals surface area contributed by atoms with E-state index in [9.17, 15) is 26.7 Å². The Morgan fingerprint density at radius 2 is 1.65 bits per heavy atom. The number of rotatable bonds is 10. The minimum Gasteiger partial charge on any atom is -0.484 e. The van der Waals surface area contributed by atoms with Crippen molar-refractivity contribution >= 4 is 5.91 Å². The lowest BCUT2D eigenvalue weighted by Gasteiger charge is -2.40. The van der Waals surface area contributed by atoms with Gasteiger partial charge in [0, 0.05) is 63.2 Å². The summed E-state index contributed by atoms with van der Waals surface area (Å²) in [6, 6.07) is 12.2. The van der Waals surface area contributed by atoms with Crippen molar-refractivity contribution in [3.63, 3.8) is 0 Å². The lowest BCUT2D eigenvalue weighted by molar-refractivity contribution is -0.163. The lowest BCUT2D eigenvalue weighted by Crippen LogP contribution is -2.52. The molecule has 1 fully saturated rings. The number of halogens is 5. The fourth-order valence-corrected chi connectivity index (χ4v) is 5.90. The van der Waals surface area contributed by atoms with E-state index in [-0.39, 0.29) is 41.8 Å². The van der Waals surface area contributed by atoms with Gasteiger partial charge in [-0.2, -0.15) is 13.2 Å². The Labute approximate surface area is 276 Å². The summed E-state index contributed by atoms with van der Waals surface area (Å²) >= 11 is 0. The zero-order chi connectivity index (χ0) is 34.3. The van der Waals surface area contributed by atoms with E-state index in [1.807, 2.05) is 0 Å². The van der Waals surface area contributed by atoms with Crippen LogP contribution in [0.15, 0.2) is 109 Å². The number of carbonyl (C=O) groups is 1. The SMILES string of the molecule is C=C1CCNC=CN1/C(NCC(=O)N1CCN(C(c2ccc(F)cc2)c2ccc(F)cc2)CC1)=C(\N)C1C=CC(OCC(F)(F)F)=CC1. The highest BCUT2D eigenvalue weighted by molar-refractivity contribution is 5.78. The Bertz CT molecular complexity index is 1520. The molecule has 5 rings (SSSR count). The van der Waals surface area contributed by atoms with Gasteiger partial charge in [0.25, 0.3) is 0 Å². The Balaban J connectivity index is 1.26. The molecule has 0 bridgehead atoms. The molecular weight excluding hydrogens is 631 g/mol. The van der Waals surface area contributed by atoms with Crippen molar-refractivity contribution in [3.05, 3.63) is 131 Å². The van der Waals surface area contributed by atoms with Crippen molar-refractivity contribution in [2.45, 2.75) is 25.1 Å². The summed E-state index contributed by atoms with van der Waals surface area (Å²) in [5, 5.41) is 6.37. The molecular formula is C35H39F5N6O2. The Hall–Kier alpha value is -4.78. The topological polar surface area (TPSA) is 86.1 Å². The van der Waals surface area contributed by atoms with Crippen molar-refractivity contribution < 1.29 is 31.5 Å². The molecule has 2 aromatic rings. The van der Waals surface area contributed by atoms with Gasteiger partial charge in [-0.1, -0.05) is 36.9 Å². The average Bonchev–Trinajstić information content (AvgIpc) is 3.29. The van der Waals surface area contributed by atoms with Crippen LogP contribution in [0.5, 0.6) is 0 Å². The normalized spacial score (nSPS) is 19.4. The quantitative estimate of drug-likeness (QED) is 0.299. The molecule has 2 heterocycles. The van der Waals surface area contributed by atoms with E-state index in [0.717, 1.165) is 16.8 Å². The minimum absolute atomic E-state index is 0.0628. The molecule has 1 saturated heterocycles. The van der Waals surface area contributed by atoms with Crippen LogP contribution in [0, 0.1) is 17.6 Å². The molecule has 0 radical (unpaired) electrons. The monoisotopic (exact) mass is 670 g/mol. The van der Waals surface area contributed by atoms with Crippen molar-refractivity contribution in [3.8, 4) is 0 Å². The first kappa shape index (κ1) is 34.6. The maximum atomic E-state index is 13.7. The van der Waals surface area contributed by atoms with Gasteiger partial charge in [0.05, 0.1) is 18.3 Å². The second kappa shape index (κ2) is 15.4. The molecule has 1 unspecified atom stereocenters. The van der Waals surface area contributed by atoms with Crippen molar-refractivity contribution in [1.29, 1.82) is 0 Å². The number of alkyl halides is 3. The highest BCUT2D eigenvalue weighted by atomic mass is 19.4. The third-order valence-corrected chi connectivity index (χ3v) is 8.43. The Morgan fingerprint density at radius 1 is 1.02 bits per heavy atom. The fraction of sp³-hybridized carbons (Fsp3) is 0.343. The van der Waals surface area contributed by atoms with Gasteiger partial charge in [0.15, 0.2) is 6.61 Å². The largest absolute Gasteiger partial charge is 0.484 e. The summed E-state index contributed by atoms with van der Waals surface area (Å²) in [6.45, 7) is 5.32. The molecule has 1 aliphatic carbocycles. The van der Waals surface area contributed by atoms with E-state index in [0.29, 0.717) is 57.1 Å². The highest BCUT2D eigenvalue weighted by Gasteiger charge is 2.31. The number of nitrogens with zero attached hydrogens (tertiary/aromatic N) is 3. The predicted octanol–water partition coefficient (Wildman–Crippen LogP) is 5.23. The number of hydrogen-bond acceptors (Lipinski definition) is 7. The first-order valence-electron chi connectivity index (χ1n) is 15.7. The smallest absolute Gasteiger partial charge is 0.422 e. The molecule has 4 N–H and O–H groups in total. The molecule has 48 heavy (non-hydrogen) atoms. The van der Waals surface area contributed by atoms with Crippen LogP contribution >= 0.6 is 0 Å². The van der Waals surface area contributed by atoms with Gasteiger partial charge in [-0.25, -0.2) is 8.78 Å². The second-order valence-electron chi connectivity index (χ2n) is 11.7. The van der Waals surface area contributed by atoms with Gasteiger partial charge in [-0.3, -0.25) is 9.69 Å². The van der Waals surface area contributed by atoms with Crippen LogP contribution in [-0.2, 0) is 9.53 Å². The molecule has 0 saturated carbocycles. The number of nitrogens with one attached hydrogen (secondary N) is 2. The molecule has 256 valence electrons. The first-order valence-corrected chi connectivity index (χ1v) is 15.7. The van der Waals surface area contributed by atoms with Gasteiger partial charge in [-0.15, -0.1) is 0 Å². The highest BCUT2D eigenvalue weighted by Crippen LogP contribution is 2.31. The fourth-order valence-electron chi connectivity index (χ4n) is 5.90. The third-order valence-electron chi connectivity index (χ3n) is 8.43. The zero-order valence-electron chi connectivity index (χ0n) is 26.4. The number of benzene rings is 2. The van der Waals surface area contributed by atoms with Gasteiger partial charge >= 0.3 is 6.18 Å². The molecule has 0 aromatic heterocycles. The van der Waals surface area contributed by atoms with Crippen LogP contribution in [0.2, 0.25) is 0 Å². The van der Waals surface area contributed by atoms with E-state index in [4.69, 9.17) is 10.5 Å². The van der Waals surface area contributed by atoms with Crippen LogP contribution in [0.25, 0.3) is 0 Å². The molecule has 3 aliphatic rings. The maximum absolute atomic E-state index is 13.7. The summed E-state index contributed by atoms with van der Waals surface area (Å²) in [6.07, 6.45) is 4.71. The van der Waals surface area contributed by atoms with E-state index in [2.05, 4.69) is 22.1 Å². The molecule has 1 atom stereocenters. The number of amides is 1. The lowest BCUT2D eigenvalue weighted by atomic mass is 9.96. The zero-order valence-corrected chi connectivity index (χ0v) is 26.4. The summed E-state index contributed by atoms with van der Waals surface area (Å²) in [7, 11) is 0. The average molecular weight is 671 g/mol. The van der Waals surface area contributed by atoms with Gasteiger partial charge < -0.3 is 30.9 Å². The molecule has 8 nitrogen and oxygen atoms in total. The van der Waals surface area contributed by atoms with Crippen LogP contribution in [-0.4, -0.2) is 72.7 Å². The van der Waals surface area contributed by atoms with Crippen LogP contribution in [0.3, 0.4) is 0 Å². The summed E-state index contributed by atoms with van der Waals surface area (Å²) in [5.74, 6) is -0.632. The van der Waals surface area contributed by atoms with Crippen LogP contribution in [0.1, 0.15) is 30.0 Å². The molecule has 0 spiro atoms. The standard InChI is InChI=1S/C35H39F5N6O2/c1-24-14-15-42-16-17-46(24)34(32(41)25-6-12-30(13-7-25)48-23-35(38,39)40)43-22-31(47)44-18-20-45(21-19-44)33(26-2-8-28(36)9-3-26)27-4-10-29(37)11-5-27/h2-6,8-13,16-17,25,33,42-43H,1,7,14-15,18-23,41H2/b34-32-. The van der Waals surface area contributed by atoms with Crippen molar-refractivity contribution in [1.82, 2.24) is 25.3 Å². The predicted molar refractivity (Wildman–Crippen MR) is 172 cm³/mol. The van der Waals surface area contributed by atoms with Gasteiger partial charge in [-0.05, 0) is 54.0 Å². The Kier molecular flexibility index (Phi) is 11.1. The second-order valence-corrected chi connectivity index (χ2v) is 11.7. The minimum atomic E-state index is -4.44. The van der Waals surface area contributed by atoms with Crippen molar-refractivity contribution in [2.24, 2.45) is 11.7 Å². The van der Waals surface area contributed by atoms with E-state index < -0.39 is 12.8 Å². The summed E-state index contributed by atoms with van der Waals surface area (Å²) in [5.41, 5.74) is 9.52. The molecule has 2 aliphatic heterocycles. The van der Waals surface area contributed by atoms with Gasteiger partial charge in [0.2, 0.25) is 5.91 Å². The van der Waals surface area contributed by atoms with E-state index >= 15 is 0 Å². The number of carbonyl (C=O) groups excluding carboxylic acids is 1. The number of ether oxygens (including phenoxy) is 1. The van der Waals surface area contributed by atoms with E-state index in [1.54, 1.807) is 58.6 Å². The number of allylic oxidation sites excluding steroid dienone is 3. The number of piperazine rings is 1. The molecule has 2 aromatic carbocycles. The maximum Gasteiger partial charge on any atom is 0.422 e. The summed E-state index contributed by atoms with van der Waals surface area (Å²) < 4.78 is 70.1. The third kappa shape index (κ3) is 8.97. The van der Waals surface area contributed by atoms with Crippen LogP contribution < -0.4 is 16.4 Å². The van der Waals surface area contributed by atoms with Crippen molar-refractivity contribution in [2.75, 3.05) is 45.9 Å².